The molecule has 14 heavy (non-hydrogen) atoms. The number of rotatable bonds is 2. The third-order valence-electron chi connectivity index (χ3n) is 2.50. The van der Waals surface area contributed by atoms with Crippen LogP contribution in [0.5, 0.6) is 0 Å². The van der Waals surface area contributed by atoms with Gasteiger partial charge in [0.15, 0.2) is 5.96 Å². The second-order valence-corrected chi connectivity index (χ2v) is 3.76. The number of halogens is 2. The highest BCUT2D eigenvalue weighted by Crippen LogP contribution is 2.15. The number of piperidine rings is 1. The van der Waals surface area contributed by atoms with Crippen molar-refractivity contribution < 1.29 is 8.78 Å². The Morgan fingerprint density at radius 1 is 1.50 bits per heavy atom. The zero-order valence-electron chi connectivity index (χ0n) is 8.42. The third-order valence-corrected chi connectivity index (χ3v) is 2.50. The van der Waals surface area contributed by atoms with Crippen LogP contribution >= 0.6 is 0 Å². The van der Waals surface area contributed by atoms with Crippen molar-refractivity contribution in [1.29, 1.82) is 0 Å². The molecule has 0 saturated carbocycles. The van der Waals surface area contributed by atoms with Crippen LogP contribution < -0.4 is 5.73 Å². The first-order chi connectivity index (χ1) is 6.59. The van der Waals surface area contributed by atoms with E-state index < -0.39 is 13.0 Å². The maximum absolute atomic E-state index is 11.8. The molecule has 1 aliphatic heterocycles. The Bertz CT molecular complexity index is 198. The van der Waals surface area contributed by atoms with E-state index in [0.717, 1.165) is 25.9 Å². The van der Waals surface area contributed by atoms with Gasteiger partial charge in [0.1, 0.15) is 6.54 Å². The Morgan fingerprint density at radius 3 is 2.57 bits per heavy atom. The fraction of sp³-hybridized carbons (Fsp3) is 0.889. The molecule has 3 nitrogen and oxygen atoms in total. The summed E-state index contributed by atoms with van der Waals surface area (Å²) in [7, 11) is 0. The minimum absolute atomic E-state index is 0.261. The molecule has 1 heterocycles. The SMILES string of the molecule is CC1CCN(C(N)=NCC(F)F)CC1. The van der Waals surface area contributed by atoms with Gasteiger partial charge in [-0.15, -0.1) is 0 Å². The van der Waals surface area contributed by atoms with Crippen LogP contribution in [0.3, 0.4) is 0 Å². The topological polar surface area (TPSA) is 41.6 Å². The van der Waals surface area contributed by atoms with Gasteiger partial charge in [-0.25, -0.2) is 13.8 Å². The maximum atomic E-state index is 11.8. The van der Waals surface area contributed by atoms with E-state index in [2.05, 4.69) is 11.9 Å². The quantitative estimate of drug-likeness (QED) is 0.545. The maximum Gasteiger partial charge on any atom is 0.257 e. The van der Waals surface area contributed by atoms with Crippen molar-refractivity contribution in [3.63, 3.8) is 0 Å². The molecule has 1 fully saturated rings. The van der Waals surface area contributed by atoms with Crippen molar-refractivity contribution in [3.05, 3.63) is 0 Å². The van der Waals surface area contributed by atoms with Gasteiger partial charge in [-0.3, -0.25) is 0 Å². The van der Waals surface area contributed by atoms with Crippen LogP contribution in [0, 0.1) is 5.92 Å². The van der Waals surface area contributed by atoms with E-state index in [1.807, 2.05) is 4.90 Å². The van der Waals surface area contributed by atoms with Crippen molar-refractivity contribution >= 4 is 5.96 Å². The molecule has 0 amide bonds. The minimum atomic E-state index is -2.41. The lowest BCUT2D eigenvalue weighted by molar-refractivity contribution is 0.158. The normalized spacial score (nSPS) is 20.6. The molecule has 2 N–H and O–H groups in total. The lowest BCUT2D eigenvalue weighted by Crippen LogP contribution is -2.42. The number of likely N-dealkylation sites (tertiary alicyclic amines) is 1. The van der Waals surface area contributed by atoms with E-state index in [-0.39, 0.29) is 5.96 Å². The Kier molecular flexibility index (Phi) is 4.10. The van der Waals surface area contributed by atoms with Crippen LogP contribution in [0.2, 0.25) is 0 Å². The van der Waals surface area contributed by atoms with Crippen molar-refractivity contribution in [3.8, 4) is 0 Å². The third kappa shape index (κ3) is 3.47. The molecule has 1 aliphatic rings. The van der Waals surface area contributed by atoms with Gasteiger partial charge in [0.05, 0.1) is 0 Å². The van der Waals surface area contributed by atoms with Crippen molar-refractivity contribution in [2.24, 2.45) is 16.6 Å². The summed E-state index contributed by atoms with van der Waals surface area (Å²) in [6.45, 7) is 3.36. The highest BCUT2D eigenvalue weighted by atomic mass is 19.3. The summed E-state index contributed by atoms with van der Waals surface area (Å²) in [6.07, 6.45) is -0.284. The van der Waals surface area contributed by atoms with Crippen LogP contribution in [0.1, 0.15) is 19.8 Å². The predicted molar refractivity (Wildman–Crippen MR) is 52.5 cm³/mol. The van der Waals surface area contributed by atoms with Crippen LogP contribution in [0.4, 0.5) is 8.78 Å². The first-order valence-corrected chi connectivity index (χ1v) is 4.92. The van der Waals surface area contributed by atoms with Gasteiger partial charge in [0, 0.05) is 13.1 Å². The van der Waals surface area contributed by atoms with Crippen LogP contribution in [-0.2, 0) is 0 Å². The zero-order valence-corrected chi connectivity index (χ0v) is 8.42. The van der Waals surface area contributed by atoms with E-state index in [1.54, 1.807) is 0 Å². The van der Waals surface area contributed by atoms with E-state index in [9.17, 15) is 8.78 Å². The Hall–Kier alpha value is -0.870. The Labute approximate surface area is 83.0 Å². The smallest absolute Gasteiger partial charge is 0.257 e. The number of hydrogen-bond acceptors (Lipinski definition) is 1. The number of hydrogen-bond donors (Lipinski definition) is 1. The van der Waals surface area contributed by atoms with E-state index in [0.29, 0.717) is 5.92 Å². The Balaban J connectivity index is 2.37. The second-order valence-electron chi connectivity index (χ2n) is 3.76. The summed E-state index contributed by atoms with van der Waals surface area (Å²) < 4.78 is 23.7. The summed E-state index contributed by atoms with van der Waals surface area (Å²) >= 11 is 0. The van der Waals surface area contributed by atoms with Crippen molar-refractivity contribution in [2.45, 2.75) is 26.2 Å². The second kappa shape index (κ2) is 5.12. The molecule has 0 aromatic carbocycles. The van der Waals surface area contributed by atoms with Crippen molar-refractivity contribution in [1.82, 2.24) is 4.90 Å². The fourth-order valence-corrected chi connectivity index (χ4v) is 1.50. The zero-order chi connectivity index (χ0) is 10.6. The molecule has 0 aliphatic carbocycles. The lowest BCUT2D eigenvalue weighted by atomic mass is 10.00. The van der Waals surface area contributed by atoms with E-state index in [4.69, 9.17) is 5.73 Å². The minimum Gasteiger partial charge on any atom is -0.370 e. The molecule has 0 spiro atoms. The van der Waals surface area contributed by atoms with Gasteiger partial charge in [-0.2, -0.15) is 0 Å². The van der Waals surface area contributed by atoms with Gasteiger partial charge in [0.25, 0.3) is 6.43 Å². The molecule has 0 aromatic heterocycles. The van der Waals surface area contributed by atoms with Gasteiger partial charge in [-0.1, -0.05) is 6.92 Å². The number of alkyl halides is 2. The average Bonchev–Trinajstić information content (AvgIpc) is 2.15. The first-order valence-electron chi connectivity index (χ1n) is 4.92. The Morgan fingerprint density at radius 2 is 2.07 bits per heavy atom. The highest BCUT2D eigenvalue weighted by molar-refractivity contribution is 5.78. The van der Waals surface area contributed by atoms with Crippen LogP contribution in [0.15, 0.2) is 4.99 Å². The van der Waals surface area contributed by atoms with Crippen LogP contribution in [-0.4, -0.2) is 36.9 Å². The molecule has 0 radical (unpaired) electrons. The van der Waals surface area contributed by atoms with Gasteiger partial charge in [-0.05, 0) is 18.8 Å². The number of nitrogens with zero attached hydrogens (tertiary/aromatic N) is 2. The largest absolute Gasteiger partial charge is 0.370 e. The summed E-state index contributed by atoms with van der Waals surface area (Å²) in [5.74, 6) is 0.964. The van der Waals surface area contributed by atoms with Crippen LogP contribution in [0.25, 0.3) is 0 Å². The molecular weight excluding hydrogens is 188 g/mol. The molecular formula is C9H17F2N3. The van der Waals surface area contributed by atoms with E-state index >= 15 is 0 Å². The summed E-state index contributed by atoms with van der Waals surface area (Å²) in [6, 6.07) is 0. The molecule has 0 bridgehead atoms. The van der Waals surface area contributed by atoms with Gasteiger partial charge >= 0.3 is 0 Å². The van der Waals surface area contributed by atoms with Gasteiger partial charge < -0.3 is 10.6 Å². The molecule has 1 saturated heterocycles. The number of aliphatic imine (C=N–C) groups is 1. The van der Waals surface area contributed by atoms with E-state index in [1.165, 1.54) is 0 Å². The first kappa shape index (κ1) is 11.2. The molecule has 0 aromatic rings. The number of nitrogens with two attached hydrogens (primary N) is 1. The summed E-state index contributed by atoms with van der Waals surface area (Å²) in [4.78, 5) is 5.52. The lowest BCUT2D eigenvalue weighted by Gasteiger charge is -2.30. The van der Waals surface area contributed by atoms with Crippen molar-refractivity contribution in [2.75, 3.05) is 19.6 Å². The molecule has 1 rings (SSSR count). The highest BCUT2D eigenvalue weighted by Gasteiger charge is 2.17. The summed E-state index contributed by atoms with van der Waals surface area (Å²) in [5.41, 5.74) is 5.58. The summed E-state index contributed by atoms with van der Waals surface area (Å²) in [5, 5.41) is 0. The number of guanidine groups is 1. The van der Waals surface area contributed by atoms with Gasteiger partial charge in [0.2, 0.25) is 0 Å². The fourth-order valence-electron chi connectivity index (χ4n) is 1.50. The molecule has 5 heteroatoms. The molecule has 0 unspecified atom stereocenters. The monoisotopic (exact) mass is 205 g/mol. The average molecular weight is 205 g/mol. The standard InChI is InChI=1S/C9H17F2N3/c1-7-2-4-14(5-3-7)9(12)13-6-8(10)11/h7-8H,2-6H2,1H3,(H2,12,13). The molecule has 0 atom stereocenters. The predicted octanol–water partition coefficient (Wildman–Crippen LogP) is 1.30. The molecule has 82 valence electrons.